The summed E-state index contributed by atoms with van der Waals surface area (Å²) in [5.74, 6) is -0.537. The fraction of sp³-hybridized carbons (Fsp3) is 0.929. The van der Waals surface area contributed by atoms with Gasteiger partial charge >= 0.3 is 0 Å². The van der Waals surface area contributed by atoms with Crippen molar-refractivity contribution in [2.75, 3.05) is 6.61 Å². The van der Waals surface area contributed by atoms with Crippen molar-refractivity contribution >= 4 is 5.91 Å². The molecule has 2 fully saturated rings. The van der Waals surface area contributed by atoms with Gasteiger partial charge in [0.1, 0.15) is 42.7 Å². The van der Waals surface area contributed by atoms with E-state index in [4.69, 9.17) is 14.2 Å². The Balaban J connectivity index is 2.20. The molecule has 2 saturated heterocycles. The number of aliphatic hydroxyl groups excluding tert-OH is 6. The van der Waals surface area contributed by atoms with Gasteiger partial charge in [-0.05, 0) is 6.92 Å². The molecule has 0 aromatic carbocycles. The molecule has 1 amide bonds. The molecule has 2 aliphatic heterocycles. The van der Waals surface area contributed by atoms with Crippen LogP contribution in [0.5, 0.6) is 0 Å². The maximum atomic E-state index is 11.3. The van der Waals surface area contributed by atoms with Crippen LogP contribution in [0.4, 0.5) is 0 Å². The molecule has 2 rings (SSSR count). The van der Waals surface area contributed by atoms with Crippen molar-refractivity contribution in [2.24, 2.45) is 0 Å². The van der Waals surface area contributed by atoms with E-state index < -0.39 is 73.9 Å². The highest BCUT2D eigenvalue weighted by atomic mass is 16.7. The lowest BCUT2D eigenvalue weighted by atomic mass is 9.95. The summed E-state index contributed by atoms with van der Waals surface area (Å²) < 4.78 is 15.8. The highest BCUT2D eigenvalue weighted by molar-refractivity contribution is 5.73. The minimum Gasteiger partial charge on any atom is -0.394 e. The molecule has 2 aliphatic rings. The Morgan fingerprint density at radius 1 is 1.04 bits per heavy atom. The number of amides is 1. The lowest BCUT2D eigenvalue weighted by Crippen LogP contribution is -2.67. The van der Waals surface area contributed by atoms with Gasteiger partial charge in [-0.3, -0.25) is 4.79 Å². The first kappa shape index (κ1) is 20.4. The van der Waals surface area contributed by atoms with Crippen LogP contribution in [-0.4, -0.2) is 105 Å². The summed E-state index contributed by atoms with van der Waals surface area (Å²) in [5, 5.41) is 61.5. The van der Waals surface area contributed by atoms with Crippen molar-refractivity contribution in [3.8, 4) is 0 Å². The van der Waals surface area contributed by atoms with Crippen LogP contribution in [0.3, 0.4) is 0 Å². The zero-order valence-electron chi connectivity index (χ0n) is 13.8. The Kier molecular flexibility index (Phi) is 6.70. The molecule has 11 nitrogen and oxygen atoms in total. The van der Waals surface area contributed by atoms with E-state index in [1.54, 1.807) is 0 Å². The topological polar surface area (TPSA) is 178 Å². The standard InChI is InChI=1S/C14H25NO10/c1-4-8(18)10(20)11(21)14(23-4)25-12-7(15-5(2)17)13(22)24-6(3-16)9(12)19/h4,6-14,16,18-22H,3H2,1-2H3,(H,15,17)/t4-,6+,7+,8+,9+,10+,11-,12+,13+,14+/m0/s1. The number of hydrogen-bond donors (Lipinski definition) is 7. The smallest absolute Gasteiger partial charge is 0.217 e. The van der Waals surface area contributed by atoms with Crippen LogP contribution in [0.25, 0.3) is 0 Å². The Labute approximate surface area is 143 Å². The third-order valence-corrected chi connectivity index (χ3v) is 4.34. The van der Waals surface area contributed by atoms with Gasteiger partial charge in [0.2, 0.25) is 5.91 Å². The summed E-state index contributed by atoms with van der Waals surface area (Å²) in [5.41, 5.74) is 0. The molecule has 0 spiro atoms. The van der Waals surface area contributed by atoms with Gasteiger partial charge in [0.15, 0.2) is 12.6 Å². The number of nitrogens with one attached hydrogen (secondary N) is 1. The van der Waals surface area contributed by atoms with Crippen LogP contribution in [-0.2, 0) is 19.0 Å². The molecule has 2 heterocycles. The molecular formula is C14H25NO10. The predicted octanol–water partition coefficient (Wildman–Crippen LogP) is -4.23. The van der Waals surface area contributed by atoms with Gasteiger partial charge in [0.25, 0.3) is 0 Å². The van der Waals surface area contributed by atoms with Gasteiger partial charge < -0.3 is 50.2 Å². The van der Waals surface area contributed by atoms with Crippen LogP contribution in [0.1, 0.15) is 13.8 Å². The van der Waals surface area contributed by atoms with Crippen LogP contribution in [0.2, 0.25) is 0 Å². The monoisotopic (exact) mass is 367 g/mol. The average Bonchev–Trinajstić information content (AvgIpc) is 2.56. The molecular weight excluding hydrogens is 342 g/mol. The Morgan fingerprint density at radius 3 is 2.24 bits per heavy atom. The average molecular weight is 367 g/mol. The maximum absolute atomic E-state index is 11.3. The summed E-state index contributed by atoms with van der Waals surface area (Å²) >= 11 is 0. The normalized spacial score (nSPS) is 48.2. The van der Waals surface area contributed by atoms with Crippen molar-refractivity contribution in [3.05, 3.63) is 0 Å². The van der Waals surface area contributed by atoms with E-state index in [1.165, 1.54) is 13.8 Å². The van der Waals surface area contributed by atoms with Crippen molar-refractivity contribution in [2.45, 2.75) is 75.2 Å². The van der Waals surface area contributed by atoms with Crippen LogP contribution >= 0.6 is 0 Å². The maximum Gasteiger partial charge on any atom is 0.217 e. The lowest BCUT2D eigenvalue weighted by molar-refractivity contribution is -0.337. The van der Waals surface area contributed by atoms with Gasteiger partial charge in [-0.2, -0.15) is 0 Å². The number of ether oxygens (including phenoxy) is 3. The van der Waals surface area contributed by atoms with Crippen LogP contribution < -0.4 is 5.32 Å². The highest BCUT2D eigenvalue weighted by Crippen LogP contribution is 2.28. The van der Waals surface area contributed by atoms with E-state index in [1.807, 2.05) is 0 Å². The first-order chi connectivity index (χ1) is 11.7. The fourth-order valence-corrected chi connectivity index (χ4v) is 2.92. The van der Waals surface area contributed by atoms with Gasteiger partial charge in [-0.25, -0.2) is 0 Å². The van der Waals surface area contributed by atoms with Gasteiger partial charge in [0, 0.05) is 6.92 Å². The molecule has 0 unspecified atom stereocenters. The van der Waals surface area contributed by atoms with E-state index in [2.05, 4.69) is 5.32 Å². The molecule has 0 bridgehead atoms. The quantitative estimate of drug-likeness (QED) is 0.257. The second-order valence-electron chi connectivity index (χ2n) is 6.25. The number of hydrogen-bond acceptors (Lipinski definition) is 10. The minimum absolute atomic E-state index is 0.537. The number of rotatable bonds is 4. The van der Waals surface area contributed by atoms with Gasteiger partial charge in [0.05, 0.1) is 12.7 Å². The van der Waals surface area contributed by atoms with Crippen molar-refractivity contribution in [1.82, 2.24) is 5.32 Å². The molecule has 0 saturated carbocycles. The third kappa shape index (κ3) is 4.27. The van der Waals surface area contributed by atoms with Crippen LogP contribution in [0.15, 0.2) is 0 Å². The molecule has 0 radical (unpaired) electrons. The van der Waals surface area contributed by atoms with E-state index in [0.29, 0.717) is 0 Å². The predicted molar refractivity (Wildman–Crippen MR) is 78.8 cm³/mol. The Hall–Kier alpha value is -0.890. The van der Waals surface area contributed by atoms with Gasteiger partial charge in [-0.15, -0.1) is 0 Å². The molecule has 11 heteroatoms. The van der Waals surface area contributed by atoms with Gasteiger partial charge in [-0.1, -0.05) is 0 Å². The first-order valence-corrected chi connectivity index (χ1v) is 7.92. The number of aliphatic hydroxyl groups is 6. The lowest BCUT2D eigenvalue weighted by Gasteiger charge is -2.46. The van der Waals surface area contributed by atoms with Crippen molar-refractivity contribution < 1.29 is 49.6 Å². The Bertz CT molecular complexity index is 465. The number of carbonyl (C=O) groups is 1. The summed E-state index contributed by atoms with van der Waals surface area (Å²) in [6, 6.07) is -1.22. The molecule has 10 atom stereocenters. The largest absolute Gasteiger partial charge is 0.394 e. The van der Waals surface area contributed by atoms with Crippen molar-refractivity contribution in [1.29, 1.82) is 0 Å². The highest BCUT2D eigenvalue weighted by Gasteiger charge is 2.50. The zero-order valence-corrected chi connectivity index (χ0v) is 13.8. The second-order valence-corrected chi connectivity index (χ2v) is 6.25. The van der Waals surface area contributed by atoms with Crippen LogP contribution in [0, 0.1) is 0 Å². The molecule has 0 aromatic heterocycles. The minimum atomic E-state index is -1.64. The summed E-state index contributed by atoms with van der Waals surface area (Å²) in [6.07, 6.45) is -12.4. The summed E-state index contributed by atoms with van der Waals surface area (Å²) in [4.78, 5) is 11.3. The van der Waals surface area contributed by atoms with Crippen molar-refractivity contribution in [3.63, 3.8) is 0 Å². The first-order valence-electron chi connectivity index (χ1n) is 7.92. The molecule has 0 aliphatic carbocycles. The number of carbonyl (C=O) groups excluding carboxylic acids is 1. The summed E-state index contributed by atoms with van der Waals surface area (Å²) in [7, 11) is 0. The zero-order chi connectivity index (χ0) is 18.9. The third-order valence-electron chi connectivity index (χ3n) is 4.34. The molecule has 0 aromatic rings. The second kappa shape index (κ2) is 8.20. The molecule has 25 heavy (non-hydrogen) atoms. The van der Waals surface area contributed by atoms with E-state index in [0.717, 1.165) is 0 Å². The van der Waals surface area contributed by atoms with E-state index >= 15 is 0 Å². The molecule has 146 valence electrons. The Morgan fingerprint density at radius 2 is 1.68 bits per heavy atom. The SMILES string of the molecule is CC(=O)N[C@@H]1[C@@H](O[C@H]2O[C@@H](C)[C@@H](O)[C@@H](O)[C@@H]2O)[C@H](O)[C@@H](CO)O[C@H]1O. The van der Waals surface area contributed by atoms with E-state index in [-0.39, 0.29) is 0 Å². The molecule has 7 N–H and O–H groups in total. The summed E-state index contributed by atoms with van der Waals surface area (Å²) in [6.45, 7) is 2.01. The van der Waals surface area contributed by atoms with E-state index in [9.17, 15) is 35.4 Å². The fourth-order valence-electron chi connectivity index (χ4n) is 2.92.